The number of carbonyl (C=O) groups is 4. The molecule has 0 aliphatic carbocycles. The van der Waals surface area contributed by atoms with Gasteiger partial charge in [-0.3, -0.25) is 29.4 Å². The van der Waals surface area contributed by atoms with Crippen molar-refractivity contribution in [1.82, 2.24) is 10.2 Å². The summed E-state index contributed by atoms with van der Waals surface area (Å²) in [6.07, 6.45) is 0.222. The molecule has 2 saturated heterocycles. The summed E-state index contributed by atoms with van der Waals surface area (Å²) in [5.74, 6) is -2.61. The Morgan fingerprint density at radius 1 is 1.08 bits per heavy atom. The number of imide groups is 1. The van der Waals surface area contributed by atoms with Crippen molar-refractivity contribution in [1.29, 1.82) is 0 Å². The molecule has 2 unspecified atom stereocenters. The number of methoxy groups -OCH3 is 2. The molecule has 5 rings (SSSR count). The fourth-order valence-electron chi connectivity index (χ4n) is 5.92. The van der Waals surface area contributed by atoms with Crippen LogP contribution in [-0.4, -0.2) is 55.3 Å². The summed E-state index contributed by atoms with van der Waals surface area (Å²) in [7, 11) is 3.08. The first-order chi connectivity index (χ1) is 17.2. The van der Waals surface area contributed by atoms with Gasteiger partial charge in [0.15, 0.2) is 11.5 Å². The number of likely N-dealkylation sites (tertiary alicyclic amines) is 1. The lowest BCUT2D eigenvalue weighted by Gasteiger charge is -2.29. The van der Waals surface area contributed by atoms with Gasteiger partial charge in [0, 0.05) is 30.3 Å². The Hall–Kier alpha value is -3.92. The van der Waals surface area contributed by atoms with Crippen LogP contribution in [0.3, 0.4) is 0 Å². The number of nitrogens with zero attached hydrogens (tertiary/aromatic N) is 1. The minimum Gasteiger partial charge on any atom is -0.493 e. The quantitative estimate of drug-likeness (QED) is 0.487. The topological polar surface area (TPSA) is 140 Å². The third-order valence-electron chi connectivity index (χ3n) is 7.54. The molecule has 2 fully saturated rings. The number of nitrogens with two attached hydrogens (primary N) is 1. The maximum Gasteiger partial charge on any atom is 0.250 e. The highest BCUT2D eigenvalue weighted by Crippen LogP contribution is 2.53. The molecule has 0 saturated carbocycles. The number of carbonyl (C=O) groups excluding carboxylic acids is 4. The number of primary amides is 1. The molecule has 10 heteroatoms. The van der Waals surface area contributed by atoms with Crippen molar-refractivity contribution >= 4 is 29.3 Å². The first-order valence-electron chi connectivity index (χ1n) is 11.8. The van der Waals surface area contributed by atoms with Crippen molar-refractivity contribution in [2.75, 3.05) is 26.1 Å². The van der Waals surface area contributed by atoms with Crippen molar-refractivity contribution < 1.29 is 28.7 Å². The molecule has 188 valence electrons. The van der Waals surface area contributed by atoms with Gasteiger partial charge in [-0.15, -0.1) is 0 Å². The molecule has 3 aliphatic rings. The smallest absolute Gasteiger partial charge is 0.250 e. The number of aryl methyl sites for hydroxylation is 1. The van der Waals surface area contributed by atoms with Gasteiger partial charge in [-0.25, -0.2) is 0 Å². The van der Waals surface area contributed by atoms with Crippen molar-refractivity contribution in [3.05, 3.63) is 53.1 Å². The number of hydrogen-bond acceptors (Lipinski definition) is 7. The lowest BCUT2D eigenvalue weighted by Crippen LogP contribution is -2.53. The molecule has 1 spiro atoms. The molecule has 4 atom stereocenters. The number of fused-ring (bicyclic) bond motifs is 4. The first-order valence-corrected chi connectivity index (χ1v) is 11.8. The predicted octanol–water partition coefficient (Wildman–Crippen LogP) is 0.851. The Kier molecular flexibility index (Phi) is 5.71. The lowest BCUT2D eigenvalue weighted by molar-refractivity contribution is -0.142. The van der Waals surface area contributed by atoms with E-state index in [4.69, 9.17) is 15.2 Å². The highest BCUT2D eigenvalue weighted by Gasteiger charge is 2.70. The van der Waals surface area contributed by atoms with Gasteiger partial charge in [0.1, 0.15) is 5.54 Å². The Bertz CT molecular complexity index is 1290. The van der Waals surface area contributed by atoms with E-state index in [9.17, 15) is 19.2 Å². The lowest BCUT2D eigenvalue weighted by atomic mass is 9.76. The first kappa shape index (κ1) is 23.8. The summed E-state index contributed by atoms with van der Waals surface area (Å²) in [5.41, 5.74) is 6.97. The van der Waals surface area contributed by atoms with Crippen LogP contribution in [0, 0.1) is 18.8 Å². The average Bonchev–Trinajstić information content (AvgIpc) is 3.42. The molecule has 10 nitrogen and oxygen atoms in total. The van der Waals surface area contributed by atoms with Gasteiger partial charge in [0.2, 0.25) is 23.6 Å². The van der Waals surface area contributed by atoms with Crippen molar-refractivity contribution in [2.45, 2.75) is 31.3 Å². The summed E-state index contributed by atoms with van der Waals surface area (Å²) in [6.45, 7) is 1.99. The van der Waals surface area contributed by atoms with E-state index < -0.39 is 47.0 Å². The summed E-state index contributed by atoms with van der Waals surface area (Å²) < 4.78 is 10.6. The number of ether oxygens (including phenoxy) is 2. The molecule has 2 aromatic carbocycles. The van der Waals surface area contributed by atoms with Gasteiger partial charge in [-0.1, -0.05) is 24.3 Å². The van der Waals surface area contributed by atoms with Crippen LogP contribution in [0.1, 0.15) is 23.1 Å². The van der Waals surface area contributed by atoms with Gasteiger partial charge in [-0.05, 0) is 36.6 Å². The second kappa shape index (κ2) is 8.63. The van der Waals surface area contributed by atoms with Crippen molar-refractivity contribution in [3.63, 3.8) is 0 Å². The fourth-order valence-corrected chi connectivity index (χ4v) is 5.92. The zero-order valence-corrected chi connectivity index (χ0v) is 20.3. The molecular formula is C26H28N4O6. The maximum absolute atomic E-state index is 13.8. The Morgan fingerprint density at radius 3 is 2.53 bits per heavy atom. The summed E-state index contributed by atoms with van der Waals surface area (Å²) in [6, 6.07) is 10.1. The SMILES string of the molecule is COc1ccc(CCN2C(=O)[C@@H]3C(CC(N)=O)NC4(C(=O)Nc5c(C)cccc54)[C@@H]3C2=O)cc1OC. The number of benzene rings is 2. The molecule has 3 heterocycles. The van der Waals surface area contributed by atoms with E-state index in [0.717, 1.165) is 11.1 Å². The van der Waals surface area contributed by atoms with Gasteiger partial charge < -0.3 is 20.5 Å². The van der Waals surface area contributed by atoms with E-state index in [1.54, 1.807) is 25.3 Å². The molecule has 0 bridgehead atoms. The third kappa shape index (κ3) is 3.35. The molecule has 3 aliphatic heterocycles. The third-order valence-corrected chi connectivity index (χ3v) is 7.54. The maximum atomic E-state index is 13.8. The van der Waals surface area contributed by atoms with Crippen LogP contribution >= 0.6 is 0 Å². The molecule has 0 aromatic heterocycles. The Labute approximate surface area is 208 Å². The molecule has 4 amide bonds. The second-order valence-electron chi connectivity index (χ2n) is 9.45. The van der Waals surface area contributed by atoms with Gasteiger partial charge in [0.25, 0.3) is 0 Å². The fraction of sp³-hybridized carbons (Fsp3) is 0.385. The minimum atomic E-state index is -1.45. The van der Waals surface area contributed by atoms with Gasteiger partial charge in [-0.2, -0.15) is 0 Å². The standard InChI is InChI=1S/C26H28N4O6/c1-13-5-4-6-15-22(13)28-25(34)26(15)21-20(16(29-26)12-19(27)31)23(32)30(24(21)33)10-9-14-7-8-17(35-2)18(11-14)36-3/h4-8,11,16,20-21,29H,9-10,12H2,1-3H3,(H2,27,31)(H,28,34)/t16?,20-,21+,26?/m1/s1. The number of anilines is 1. The second-order valence-corrected chi connectivity index (χ2v) is 9.45. The zero-order chi connectivity index (χ0) is 25.8. The van der Waals surface area contributed by atoms with Crippen LogP contribution in [0.15, 0.2) is 36.4 Å². The summed E-state index contributed by atoms with van der Waals surface area (Å²) >= 11 is 0. The van der Waals surface area contributed by atoms with Gasteiger partial charge in [0.05, 0.1) is 26.1 Å². The average molecular weight is 493 g/mol. The van der Waals surface area contributed by atoms with E-state index in [1.807, 2.05) is 25.1 Å². The molecular weight excluding hydrogens is 464 g/mol. The van der Waals surface area contributed by atoms with E-state index in [2.05, 4.69) is 10.6 Å². The number of rotatable bonds is 7. The van der Waals surface area contributed by atoms with E-state index in [-0.39, 0.29) is 13.0 Å². The zero-order valence-electron chi connectivity index (χ0n) is 20.3. The van der Waals surface area contributed by atoms with Gasteiger partial charge >= 0.3 is 0 Å². The van der Waals surface area contributed by atoms with Crippen LogP contribution < -0.4 is 25.8 Å². The Morgan fingerprint density at radius 2 is 1.83 bits per heavy atom. The van der Waals surface area contributed by atoms with Crippen LogP contribution in [0.2, 0.25) is 0 Å². The minimum absolute atomic E-state index is 0.127. The van der Waals surface area contributed by atoms with E-state index in [0.29, 0.717) is 29.2 Å². The highest BCUT2D eigenvalue weighted by molar-refractivity contribution is 6.15. The highest BCUT2D eigenvalue weighted by atomic mass is 16.5. The normalized spacial score (nSPS) is 26.2. The van der Waals surface area contributed by atoms with Crippen molar-refractivity contribution in [2.24, 2.45) is 17.6 Å². The van der Waals surface area contributed by atoms with E-state index in [1.165, 1.54) is 12.0 Å². The van der Waals surface area contributed by atoms with Crippen LogP contribution in [0.4, 0.5) is 5.69 Å². The molecule has 0 radical (unpaired) electrons. The summed E-state index contributed by atoms with van der Waals surface area (Å²) in [5, 5.41) is 6.10. The molecule has 36 heavy (non-hydrogen) atoms. The number of amides is 4. The monoisotopic (exact) mass is 492 g/mol. The predicted molar refractivity (Wildman–Crippen MR) is 129 cm³/mol. The van der Waals surface area contributed by atoms with Crippen LogP contribution in [0.25, 0.3) is 0 Å². The number of nitrogens with one attached hydrogen (secondary N) is 2. The van der Waals surface area contributed by atoms with E-state index >= 15 is 0 Å². The number of hydrogen-bond donors (Lipinski definition) is 3. The van der Waals surface area contributed by atoms with Crippen LogP contribution in [0.5, 0.6) is 11.5 Å². The van der Waals surface area contributed by atoms with Crippen LogP contribution in [-0.2, 0) is 31.1 Å². The largest absolute Gasteiger partial charge is 0.493 e. The number of para-hydroxylation sites is 1. The summed E-state index contributed by atoms with van der Waals surface area (Å²) in [4.78, 5) is 53.9. The molecule has 2 aromatic rings. The molecule has 4 N–H and O–H groups in total. The Balaban J connectivity index is 1.49. The van der Waals surface area contributed by atoms with Crippen molar-refractivity contribution in [3.8, 4) is 11.5 Å².